The zero-order valence-electron chi connectivity index (χ0n) is 17.0. The lowest BCUT2D eigenvalue weighted by Gasteiger charge is -2.26. The monoisotopic (exact) mass is 450 g/mol. The Morgan fingerprint density at radius 1 is 0.933 bits per heavy atom. The number of sulfone groups is 1. The van der Waals surface area contributed by atoms with Crippen molar-refractivity contribution in [2.75, 3.05) is 19.3 Å². The zero-order valence-corrected chi connectivity index (χ0v) is 18.7. The molecule has 7 nitrogen and oxygen atoms in total. The molecule has 0 spiro atoms. The zero-order chi connectivity index (χ0) is 21.9. The molecule has 0 radical (unpaired) electrons. The van der Waals surface area contributed by atoms with Crippen LogP contribution in [-0.2, 0) is 19.9 Å². The molecular formula is C21H26N2O5S2. The van der Waals surface area contributed by atoms with Crippen molar-refractivity contribution in [3.05, 3.63) is 59.7 Å². The maximum absolute atomic E-state index is 12.9. The molecule has 0 bridgehead atoms. The number of nitrogens with zero attached hydrogens (tertiary/aromatic N) is 1. The third-order valence-electron chi connectivity index (χ3n) is 5.20. The lowest BCUT2D eigenvalue weighted by Crippen LogP contribution is -2.35. The molecule has 2 aromatic rings. The second kappa shape index (κ2) is 8.87. The van der Waals surface area contributed by atoms with Crippen molar-refractivity contribution in [1.29, 1.82) is 0 Å². The molecule has 3 rings (SSSR count). The number of rotatable bonds is 6. The molecule has 2 aromatic carbocycles. The van der Waals surface area contributed by atoms with E-state index in [1.54, 1.807) is 31.2 Å². The van der Waals surface area contributed by atoms with E-state index in [0.717, 1.165) is 31.1 Å². The topological polar surface area (TPSA) is 101 Å². The van der Waals surface area contributed by atoms with Gasteiger partial charge in [-0.2, -0.15) is 4.31 Å². The van der Waals surface area contributed by atoms with Crippen LogP contribution in [0.5, 0.6) is 0 Å². The molecule has 1 fully saturated rings. The molecule has 0 aromatic heterocycles. The minimum atomic E-state index is -3.62. The van der Waals surface area contributed by atoms with Gasteiger partial charge in [0.05, 0.1) is 15.8 Å². The minimum absolute atomic E-state index is 0.113. The van der Waals surface area contributed by atoms with Crippen LogP contribution in [0, 0.1) is 0 Å². The Morgan fingerprint density at radius 2 is 1.57 bits per heavy atom. The van der Waals surface area contributed by atoms with Crippen LogP contribution in [0.3, 0.4) is 0 Å². The number of amides is 1. The van der Waals surface area contributed by atoms with Crippen molar-refractivity contribution in [2.45, 2.75) is 42.0 Å². The fourth-order valence-electron chi connectivity index (χ4n) is 3.42. The Morgan fingerprint density at radius 3 is 2.17 bits per heavy atom. The van der Waals surface area contributed by atoms with Crippen molar-refractivity contribution < 1.29 is 21.6 Å². The SMILES string of the molecule is C[C@@H](NC(=O)c1cccc(S(=O)(=O)N2CCCCC2)c1)c1ccc(S(C)(=O)=O)cc1. The molecule has 162 valence electrons. The van der Waals surface area contributed by atoms with Crippen LogP contribution in [0.1, 0.15) is 48.1 Å². The molecule has 30 heavy (non-hydrogen) atoms. The second-order valence-electron chi connectivity index (χ2n) is 7.53. The van der Waals surface area contributed by atoms with E-state index in [1.807, 2.05) is 0 Å². The summed E-state index contributed by atoms with van der Waals surface area (Å²) in [6, 6.07) is 12.0. The Balaban J connectivity index is 1.75. The van der Waals surface area contributed by atoms with Gasteiger partial charge in [-0.3, -0.25) is 4.79 Å². The predicted molar refractivity (Wildman–Crippen MR) is 114 cm³/mol. The van der Waals surface area contributed by atoms with Crippen LogP contribution in [0.25, 0.3) is 0 Å². The van der Waals surface area contributed by atoms with E-state index in [4.69, 9.17) is 0 Å². The summed E-state index contributed by atoms with van der Waals surface area (Å²) in [5.41, 5.74) is 1.00. The van der Waals surface area contributed by atoms with E-state index in [0.29, 0.717) is 13.1 Å². The smallest absolute Gasteiger partial charge is 0.251 e. The lowest BCUT2D eigenvalue weighted by molar-refractivity contribution is 0.0939. The molecule has 1 heterocycles. The molecule has 1 N–H and O–H groups in total. The van der Waals surface area contributed by atoms with Crippen LogP contribution in [0.4, 0.5) is 0 Å². The molecule has 0 saturated carbocycles. The number of carbonyl (C=O) groups is 1. The number of hydrogen-bond donors (Lipinski definition) is 1. The van der Waals surface area contributed by atoms with Crippen molar-refractivity contribution in [3.8, 4) is 0 Å². The van der Waals surface area contributed by atoms with Gasteiger partial charge in [0, 0.05) is 24.9 Å². The minimum Gasteiger partial charge on any atom is -0.346 e. The lowest BCUT2D eigenvalue weighted by atomic mass is 10.1. The van der Waals surface area contributed by atoms with Crippen molar-refractivity contribution in [3.63, 3.8) is 0 Å². The average molecular weight is 451 g/mol. The summed E-state index contributed by atoms with van der Waals surface area (Å²) in [6.07, 6.45) is 3.85. The number of hydrogen-bond acceptors (Lipinski definition) is 5. The molecular weight excluding hydrogens is 424 g/mol. The van der Waals surface area contributed by atoms with Crippen LogP contribution in [0.2, 0.25) is 0 Å². The van der Waals surface area contributed by atoms with E-state index >= 15 is 0 Å². The Hall–Kier alpha value is -2.23. The highest BCUT2D eigenvalue weighted by molar-refractivity contribution is 7.90. The Bertz CT molecular complexity index is 1120. The molecule has 1 saturated heterocycles. The van der Waals surface area contributed by atoms with Crippen molar-refractivity contribution in [1.82, 2.24) is 9.62 Å². The van der Waals surface area contributed by atoms with Gasteiger partial charge in [-0.1, -0.05) is 24.6 Å². The highest BCUT2D eigenvalue weighted by Gasteiger charge is 2.26. The first-order chi connectivity index (χ1) is 14.1. The van der Waals surface area contributed by atoms with Crippen LogP contribution < -0.4 is 5.32 Å². The van der Waals surface area contributed by atoms with E-state index in [-0.39, 0.29) is 21.4 Å². The van der Waals surface area contributed by atoms with Gasteiger partial charge in [-0.25, -0.2) is 16.8 Å². The molecule has 1 amide bonds. The first-order valence-electron chi connectivity index (χ1n) is 9.80. The molecule has 0 unspecified atom stereocenters. The normalized spacial score (nSPS) is 16.7. The third kappa shape index (κ3) is 5.08. The van der Waals surface area contributed by atoms with Crippen molar-refractivity contribution >= 4 is 25.8 Å². The standard InChI is InChI=1S/C21H26N2O5S2/c1-16(17-9-11-19(12-10-17)29(2,25)26)22-21(24)18-7-6-8-20(15-18)30(27,28)23-13-4-3-5-14-23/h6-12,15-16H,3-5,13-14H2,1-2H3,(H,22,24)/t16-/m1/s1. The van der Waals surface area contributed by atoms with Gasteiger partial charge >= 0.3 is 0 Å². The molecule has 1 atom stereocenters. The number of sulfonamides is 1. The fourth-order valence-corrected chi connectivity index (χ4v) is 5.61. The summed E-state index contributed by atoms with van der Waals surface area (Å²) in [4.78, 5) is 13.0. The van der Waals surface area contributed by atoms with Gasteiger partial charge in [0.15, 0.2) is 9.84 Å². The summed E-state index contributed by atoms with van der Waals surface area (Å²) < 4.78 is 50.4. The van der Waals surface area contributed by atoms with Crippen LogP contribution in [-0.4, -0.2) is 46.4 Å². The maximum Gasteiger partial charge on any atom is 0.251 e. The second-order valence-corrected chi connectivity index (χ2v) is 11.5. The Kier molecular flexibility index (Phi) is 6.64. The highest BCUT2D eigenvalue weighted by Crippen LogP contribution is 2.22. The Labute approximate surface area is 178 Å². The van der Waals surface area contributed by atoms with Crippen LogP contribution >= 0.6 is 0 Å². The van der Waals surface area contributed by atoms with E-state index < -0.39 is 25.8 Å². The first-order valence-corrected chi connectivity index (χ1v) is 13.1. The highest BCUT2D eigenvalue weighted by atomic mass is 32.2. The first kappa shape index (κ1) is 22.5. The number of benzene rings is 2. The van der Waals surface area contributed by atoms with Gasteiger partial charge < -0.3 is 5.32 Å². The molecule has 0 aliphatic carbocycles. The van der Waals surface area contributed by atoms with Gasteiger partial charge in [-0.15, -0.1) is 0 Å². The molecule has 1 aliphatic heterocycles. The third-order valence-corrected chi connectivity index (χ3v) is 8.23. The summed E-state index contributed by atoms with van der Waals surface area (Å²) >= 11 is 0. The predicted octanol–water partition coefficient (Wildman–Crippen LogP) is 2.76. The summed E-state index contributed by atoms with van der Waals surface area (Å²) in [5, 5.41) is 2.83. The molecule has 1 aliphatic rings. The molecule has 9 heteroatoms. The van der Waals surface area contributed by atoms with Gasteiger partial charge in [0.1, 0.15) is 0 Å². The average Bonchev–Trinajstić information content (AvgIpc) is 2.74. The van der Waals surface area contributed by atoms with E-state index in [2.05, 4.69) is 5.32 Å². The quantitative estimate of drug-likeness (QED) is 0.729. The van der Waals surface area contributed by atoms with E-state index in [1.165, 1.54) is 28.6 Å². The number of carbonyl (C=O) groups excluding carboxylic acids is 1. The summed E-state index contributed by atoms with van der Waals surface area (Å²) in [5.74, 6) is -0.398. The van der Waals surface area contributed by atoms with Crippen molar-refractivity contribution in [2.24, 2.45) is 0 Å². The van der Waals surface area contributed by atoms with Gasteiger partial charge in [0.2, 0.25) is 10.0 Å². The summed E-state index contributed by atoms with van der Waals surface area (Å²) in [6.45, 7) is 2.78. The van der Waals surface area contributed by atoms with Gasteiger partial charge in [0.25, 0.3) is 5.91 Å². The number of nitrogens with one attached hydrogen (secondary N) is 1. The fraction of sp³-hybridized carbons (Fsp3) is 0.381. The van der Waals surface area contributed by atoms with E-state index in [9.17, 15) is 21.6 Å². The van der Waals surface area contributed by atoms with Crippen LogP contribution in [0.15, 0.2) is 58.3 Å². The largest absolute Gasteiger partial charge is 0.346 e. The number of piperidine rings is 1. The summed E-state index contributed by atoms with van der Waals surface area (Å²) in [7, 11) is -6.91. The van der Waals surface area contributed by atoms with Gasteiger partial charge in [-0.05, 0) is 55.7 Å². The maximum atomic E-state index is 12.9.